The second-order valence-corrected chi connectivity index (χ2v) is 6.16. The summed E-state index contributed by atoms with van der Waals surface area (Å²) < 4.78 is 39.3. The predicted octanol–water partition coefficient (Wildman–Crippen LogP) is 3.34. The summed E-state index contributed by atoms with van der Waals surface area (Å²) in [6, 6.07) is 11.4. The molecule has 148 valence electrons. The molecule has 2 aromatic rings. The molecule has 0 spiro atoms. The van der Waals surface area contributed by atoms with E-state index in [0.717, 1.165) is 19.3 Å². The van der Waals surface area contributed by atoms with Crippen molar-refractivity contribution < 1.29 is 32.6 Å². The van der Waals surface area contributed by atoms with Crippen molar-refractivity contribution in [3.05, 3.63) is 53.6 Å². The number of anilines is 1. The zero-order valence-electron chi connectivity index (χ0n) is 15.0. The van der Waals surface area contributed by atoms with Gasteiger partial charge in [-0.15, -0.1) is 0 Å². The van der Waals surface area contributed by atoms with Gasteiger partial charge in [0.15, 0.2) is 13.2 Å². The summed E-state index contributed by atoms with van der Waals surface area (Å²) in [5.74, 6) is -1.01. The first kappa shape index (κ1) is 19.6. The van der Waals surface area contributed by atoms with Crippen molar-refractivity contribution in [1.29, 1.82) is 0 Å². The summed E-state index contributed by atoms with van der Waals surface area (Å²) in [5.41, 5.74) is 2.57. The average Bonchev–Trinajstić information content (AvgIpc) is 3.13. The number of aryl methyl sites for hydroxylation is 2. The lowest BCUT2D eigenvalue weighted by atomic mass is 10.1. The van der Waals surface area contributed by atoms with Crippen molar-refractivity contribution in [3.63, 3.8) is 0 Å². The van der Waals surface area contributed by atoms with Crippen LogP contribution in [0.15, 0.2) is 42.5 Å². The van der Waals surface area contributed by atoms with Crippen LogP contribution in [0.5, 0.6) is 11.5 Å². The first-order valence-corrected chi connectivity index (χ1v) is 8.75. The first-order valence-electron chi connectivity index (χ1n) is 8.75. The maximum Gasteiger partial charge on any atom is 0.387 e. The summed E-state index contributed by atoms with van der Waals surface area (Å²) in [4.78, 5) is 23.7. The van der Waals surface area contributed by atoms with Gasteiger partial charge in [-0.1, -0.05) is 18.2 Å². The highest BCUT2D eigenvalue weighted by atomic mass is 19.3. The Labute approximate surface area is 160 Å². The van der Waals surface area contributed by atoms with E-state index in [-0.39, 0.29) is 18.0 Å². The molecular formula is C20H19F2NO5. The number of para-hydroxylation sites is 2. The van der Waals surface area contributed by atoms with Crippen molar-refractivity contribution in [2.24, 2.45) is 0 Å². The van der Waals surface area contributed by atoms with Crippen molar-refractivity contribution in [1.82, 2.24) is 0 Å². The van der Waals surface area contributed by atoms with Gasteiger partial charge in [0.05, 0.1) is 5.69 Å². The number of carbonyl (C=O) groups is 2. The van der Waals surface area contributed by atoms with Crippen LogP contribution in [0.2, 0.25) is 0 Å². The van der Waals surface area contributed by atoms with Crippen LogP contribution < -0.4 is 14.8 Å². The number of benzene rings is 2. The highest BCUT2D eigenvalue weighted by molar-refractivity contribution is 5.94. The molecule has 0 unspecified atom stereocenters. The van der Waals surface area contributed by atoms with E-state index in [4.69, 9.17) is 9.47 Å². The fourth-order valence-electron chi connectivity index (χ4n) is 2.92. The molecule has 0 aliphatic heterocycles. The molecule has 0 radical (unpaired) electrons. The average molecular weight is 391 g/mol. The maximum absolute atomic E-state index is 12.4. The Morgan fingerprint density at radius 2 is 1.82 bits per heavy atom. The molecule has 1 N–H and O–H groups in total. The molecular weight excluding hydrogens is 372 g/mol. The fourth-order valence-corrected chi connectivity index (χ4v) is 2.92. The number of rotatable bonds is 8. The third-order valence-corrected chi connectivity index (χ3v) is 4.17. The topological polar surface area (TPSA) is 73.9 Å². The van der Waals surface area contributed by atoms with Crippen molar-refractivity contribution in [3.8, 4) is 11.5 Å². The third kappa shape index (κ3) is 5.42. The number of halogens is 2. The Kier molecular flexibility index (Phi) is 6.41. The van der Waals surface area contributed by atoms with Crippen molar-refractivity contribution in [2.75, 3.05) is 18.5 Å². The van der Waals surface area contributed by atoms with Crippen LogP contribution in [-0.2, 0) is 27.2 Å². The molecule has 28 heavy (non-hydrogen) atoms. The zero-order chi connectivity index (χ0) is 19.9. The van der Waals surface area contributed by atoms with Crippen LogP contribution in [0.4, 0.5) is 14.5 Å². The lowest BCUT2D eigenvalue weighted by Gasteiger charge is -2.12. The van der Waals surface area contributed by atoms with E-state index in [1.165, 1.54) is 29.3 Å². The molecule has 0 aromatic heterocycles. The highest BCUT2D eigenvalue weighted by Crippen LogP contribution is 2.26. The Morgan fingerprint density at radius 3 is 2.64 bits per heavy atom. The number of alkyl halides is 2. The van der Waals surface area contributed by atoms with Crippen molar-refractivity contribution >= 4 is 17.6 Å². The van der Waals surface area contributed by atoms with Crippen LogP contribution >= 0.6 is 0 Å². The van der Waals surface area contributed by atoms with Gasteiger partial charge in [0.1, 0.15) is 11.5 Å². The van der Waals surface area contributed by atoms with Gasteiger partial charge in [0.25, 0.3) is 5.91 Å². The van der Waals surface area contributed by atoms with E-state index in [0.29, 0.717) is 5.75 Å². The van der Waals surface area contributed by atoms with Gasteiger partial charge in [-0.3, -0.25) is 4.79 Å². The summed E-state index contributed by atoms with van der Waals surface area (Å²) in [7, 11) is 0. The second kappa shape index (κ2) is 9.16. The lowest BCUT2D eigenvalue weighted by Crippen LogP contribution is -2.24. The van der Waals surface area contributed by atoms with Crippen LogP contribution in [-0.4, -0.2) is 31.7 Å². The van der Waals surface area contributed by atoms with Gasteiger partial charge in [-0.2, -0.15) is 8.78 Å². The molecule has 0 bridgehead atoms. The molecule has 2 aromatic carbocycles. The van der Waals surface area contributed by atoms with Gasteiger partial charge < -0.3 is 19.5 Å². The summed E-state index contributed by atoms with van der Waals surface area (Å²) in [6.45, 7) is -3.93. The Balaban J connectivity index is 1.44. The molecule has 0 atom stereocenters. The minimum Gasteiger partial charge on any atom is -0.482 e. The van der Waals surface area contributed by atoms with E-state index < -0.39 is 25.1 Å². The number of hydrogen-bond acceptors (Lipinski definition) is 5. The fraction of sp³-hybridized carbons (Fsp3) is 0.300. The van der Waals surface area contributed by atoms with Gasteiger partial charge in [0.2, 0.25) is 0 Å². The van der Waals surface area contributed by atoms with Gasteiger partial charge in [-0.05, 0) is 54.7 Å². The SMILES string of the molecule is O=C(COC(=O)COc1ccc2c(c1)CCC2)Nc1ccccc1OC(F)F. The van der Waals surface area contributed by atoms with Crippen molar-refractivity contribution in [2.45, 2.75) is 25.9 Å². The number of ether oxygens (including phenoxy) is 3. The number of carbonyl (C=O) groups excluding carboxylic acids is 2. The smallest absolute Gasteiger partial charge is 0.387 e. The molecule has 0 heterocycles. The molecule has 0 saturated carbocycles. The Bertz CT molecular complexity index is 856. The van der Waals surface area contributed by atoms with Crippen LogP contribution in [0, 0.1) is 0 Å². The molecule has 3 rings (SSSR count). The number of amides is 1. The highest BCUT2D eigenvalue weighted by Gasteiger charge is 2.14. The van der Waals surface area contributed by atoms with E-state index in [9.17, 15) is 18.4 Å². The normalized spacial score (nSPS) is 12.4. The molecule has 1 aliphatic carbocycles. The number of fused-ring (bicyclic) bond motifs is 1. The minimum absolute atomic E-state index is 0.0539. The first-order chi connectivity index (χ1) is 13.5. The van der Waals surface area contributed by atoms with E-state index in [1.807, 2.05) is 12.1 Å². The number of esters is 1. The summed E-state index contributed by atoms with van der Waals surface area (Å²) in [6.07, 6.45) is 3.16. The van der Waals surface area contributed by atoms with Crippen LogP contribution in [0.3, 0.4) is 0 Å². The second-order valence-electron chi connectivity index (χ2n) is 6.16. The zero-order valence-corrected chi connectivity index (χ0v) is 15.0. The molecule has 8 heteroatoms. The van der Waals surface area contributed by atoms with E-state index >= 15 is 0 Å². The molecule has 1 amide bonds. The maximum atomic E-state index is 12.4. The summed E-state index contributed by atoms with van der Waals surface area (Å²) >= 11 is 0. The number of nitrogens with one attached hydrogen (secondary N) is 1. The third-order valence-electron chi connectivity index (χ3n) is 4.17. The monoisotopic (exact) mass is 391 g/mol. The summed E-state index contributed by atoms with van der Waals surface area (Å²) in [5, 5.41) is 2.36. The van der Waals surface area contributed by atoms with Crippen LogP contribution in [0.1, 0.15) is 17.5 Å². The predicted molar refractivity (Wildman–Crippen MR) is 96.6 cm³/mol. The molecule has 1 aliphatic rings. The van der Waals surface area contributed by atoms with Crippen LogP contribution in [0.25, 0.3) is 0 Å². The molecule has 0 saturated heterocycles. The number of hydrogen-bond donors (Lipinski definition) is 1. The Hall–Kier alpha value is -3.16. The Morgan fingerprint density at radius 1 is 1.04 bits per heavy atom. The molecule has 0 fully saturated rings. The van der Waals surface area contributed by atoms with Gasteiger partial charge in [0, 0.05) is 0 Å². The largest absolute Gasteiger partial charge is 0.482 e. The van der Waals surface area contributed by atoms with Gasteiger partial charge >= 0.3 is 12.6 Å². The lowest BCUT2D eigenvalue weighted by molar-refractivity contribution is -0.149. The van der Waals surface area contributed by atoms with Gasteiger partial charge in [-0.25, -0.2) is 4.79 Å². The quantitative estimate of drug-likeness (QED) is 0.699. The minimum atomic E-state index is -3.02. The standard InChI is InChI=1S/C20H19F2NO5/c21-20(22)28-17-7-2-1-6-16(17)23-18(24)11-27-19(25)12-26-15-9-8-13-4-3-5-14(13)10-15/h1-2,6-10,20H,3-5,11-12H2,(H,23,24). The van der Waals surface area contributed by atoms with E-state index in [1.54, 1.807) is 12.1 Å². The van der Waals surface area contributed by atoms with E-state index in [2.05, 4.69) is 10.1 Å². The molecule has 6 nitrogen and oxygen atoms in total.